The van der Waals surface area contributed by atoms with Crippen LogP contribution in [0.1, 0.15) is 31.2 Å². The van der Waals surface area contributed by atoms with Crippen LogP contribution in [0.2, 0.25) is 0 Å². The molecule has 1 amide bonds. The number of carbonyl (C=O) groups excluding carboxylic acids is 1. The third-order valence-electron chi connectivity index (χ3n) is 5.26. The summed E-state index contributed by atoms with van der Waals surface area (Å²) in [6, 6.07) is 9.65. The van der Waals surface area contributed by atoms with E-state index in [0.29, 0.717) is 6.42 Å². The molecule has 2 saturated heterocycles. The van der Waals surface area contributed by atoms with Crippen LogP contribution in [0.3, 0.4) is 0 Å². The predicted molar refractivity (Wildman–Crippen MR) is 108 cm³/mol. The number of hydrogen-bond acceptors (Lipinski definition) is 3. The van der Waals surface area contributed by atoms with Crippen molar-refractivity contribution < 1.29 is 4.79 Å². The third-order valence-corrected chi connectivity index (χ3v) is 5.26. The van der Waals surface area contributed by atoms with Gasteiger partial charge in [0.1, 0.15) is 0 Å². The first-order valence-electron chi connectivity index (χ1n) is 9.03. The minimum Gasteiger partial charge on any atom is -0.341 e. The van der Waals surface area contributed by atoms with Gasteiger partial charge in [0.15, 0.2) is 0 Å². The van der Waals surface area contributed by atoms with Crippen LogP contribution < -0.4 is 5.73 Å². The van der Waals surface area contributed by atoms with Crippen LogP contribution in [0.15, 0.2) is 30.3 Å². The number of piperidine rings is 1. The molecular formula is C19H31Cl2N3O. The number of nitrogens with zero attached hydrogens (tertiary/aromatic N) is 2. The van der Waals surface area contributed by atoms with Crippen LogP contribution in [-0.2, 0) is 11.2 Å². The maximum atomic E-state index is 12.5. The highest BCUT2D eigenvalue weighted by Gasteiger charge is 2.27. The lowest BCUT2D eigenvalue weighted by molar-refractivity contribution is -0.134. The molecule has 25 heavy (non-hydrogen) atoms. The Labute approximate surface area is 163 Å². The van der Waals surface area contributed by atoms with Crippen molar-refractivity contribution in [2.24, 2.45) is 11.7 Å². The highest BCUT2D eigenvalue weighted by molar-refractivity contribution is 5.85. The Morgan fingerprint density at radius 1 is 1.04 bits per heavy atom. The molecule has 2 aliphatic heterocycles. The zero-order chi connectivity index (χ0) is 16.1. The normalized spacial score (nSPS) is 19.8. The second-order valence-corrected chi connectivity index (χ2v) is 7.07. The monoisotopic (exact) mass is 387 g/mol. The van der Waals surface area contributed by atoms with Crippen LogP contribution in [0.25, 0.3) is 0 Å². The summed E-state index contributed by atoms with van der Waals surface area (Å²) in [5.41, 5.74) is 7.28. The fourth-order valence-electron chi connectivity index (χ4n) is 3.86. The molecule has 3 rings (SSSR count). The number of likely N-dealkylation sites (tertiary alicyclic amines) is 2. The van der Waals surface area contributed by atoms with Crippen LogP contribution >= 0.6 is 24.8 Å². The van der Waals surface area contributed by atoms with Crippen molar-refractivity contribution in [3.8, 4) is 0 Å². The van der Waals surface area contributed by atoms with Gasteiger partial charge >= 0.3 is 0 Å². The summed E-state index contributed by atoms with van der Waals surface area (Å²) >= 11 is 0. The lowest BCUT2D eigenvalue weighted by Crippen LogP contribution is -2.48. The first kappa shape index (κ1) is 22.2. The molecule has 2 heterocycles. The molecule has 0 bridgehead atoms. The van der Waals surface area contributed by atoms with E-state index in [4.69, 9.17) is 5.73 Å². The van der Waals surface area contributed by atoms with E-state index < -0.39 is 6.04 Å². The van der Waals surface area contributed by atoms with Crippen LogP contribution in [-0.4, -0.2) is 54.5 Å². The lowest BCUT2D eigenvalue weighted by atomic mass is 9.95. The molecule has 0 aromatic heterocycles. The van der Waals surface area contributed by atoms with Crippen molar-refractivity contribution in [1.82, 2.24) is 9.80 Å². The lowest BCUT2D eigenvalue weighted by Gasteiger charge is -2.35. The molecule has 1 aromatic carbocycles. The van der Waals surface area contributed by atoms with Crippen molar-refractivity contribution in [2.45, 2.75) is 38.1 Å². The Balaban J connectivity index is 0.00000156. The predicted octanol–water partition coefficient (Wildman–Crippen LogP) is 2.73. The maximum absolute atomic E-state index is 12.5. The van der Waals surface area contributed by atoms with E-state index in [2.05, 4.69) is 4.90 Å². The van der Waals surface area contributed by atoms with Gasteiger partial charge in [-0.05, 0) is 56.7 Å². The molecule has 0 aliphatic carbocycles. The van der Waals surface area contributed by atoms with E-state index in [0.717, 1.165) is 37.4 Å². The Morgan fingerprint density at radius 2 is 1.64 bits per heavy atom. The van der Waals surface area contributed by atoms with Gasteiger partial charge in [0.25, 0.3) is 0 Å². The molecule has 0 unspecified atom stereocenters. The maximum Gasteiger partial charge on any atom is 0.239 e. The second-order valence-electron chi connectivity index (χ2n) is 7.07. The number of benzene rings is 1. The average molecular weight is 388 g/mol. The Kier molecular flexibility index (Phi) is 9.80. The SMILES string of the molecule is Cl.Cl.N[C@@H](Cc1ccccc1)C(=O)N1CCC(CN2CCCC2)CC1. The van der Waals surface area contributed by atoms with Gasteiger partial charge in [0.2, 0.25) is 5.91 Å². The van der Waals surface area contributed by atoms with Crippen LogP contribution in [0.5, 0.6) is 0 Å². The molecule has 0 radical (unpaired) electrons. The van der Waals surface area contributed by atoms with E-state index in [1.54, 1.807) is 0 Å². The van der Waals surface area contributed by atoms with Gasteiger partial charge in [0.05, 0.1) is 6.04 Å². The van der Waals surface area contributed by atoms with E-state index in [1.165, 1.54) is 32.5 Å². The van der Waals surface area contributed by atoms with Gasteiger partial charge < -0.3 is 15.5 Å². The van der Waals surface area contributed by atoms with Gasteiger partial charge in [-0.15, -0.1) is 24.8 Å². The smallest absolute Gasteiger partial charge is 0.239 e. The number of rotatable bonds is 5. The van der Waals surface area contributed by atoms with Gasteiger partial charge in [-0.3, -0.25) is 4.79 Å². The first-order chi connectivity index (χ1) is 11.2. The summed E-state index contributed by atoms with van der Waals surface area (Å²) in [5, 5.41) is 0. The molecule has 2 fully saturated rings. The summed E-state index contributed by atoms with van der Waals surface area (Å²) in [7, 11) is 0. The Morgan fingerprint density at radius 3 is 2.24 bits per heavy atom. The highest BCUT2D eigenvalue weighted by atomic mass is 35.5. The number of carbonyl (C=O) groups is 1. The second kappa shape index (κ2) is 11.0. The van der Waals surface area contributed by atoms with Gasteiger partial charge in [0, 0.05) is 19.6 Å². The van der Waals surface area contributed by atoms with Gasteiger partial charge in [-0.2, -0.15) is 0 Å². The average Bonchev–Trinajstić information content (AvgIpc) is 3.09. The molecule has 142 valence electrons. The number of hydrogen-bond donors (Lipinski definition) is 1. The van der Waals surface area contributed by atoms with E-state index in [9.17, 15) is 4.79 Å². The molecular weight excluding hydrogens is 357 g/mol. The first-order valence-corrected chi connectivity index (χ1v) is 9.03. The molecule has 6 heteroatoms. The van der Waals surface area contributed by atoms with E-state index in [1.807, 2.05) is 35.2 Å². The zero-order valence-electron chi connectivity index (χ0n) is 14.8. The summed E-state index contributed by atoms with van der Waals surface area (Å²) in [6.07, 6.45) is 5.59. The van der Waals surface area contributed by atoms with Crippen molar-refractivity contribution >= 4 is 30.7 Å². The Bertz CT molecular complexity index is 501. The quantitative estimate of drug-likeness (QED) is 0.844. The highest BCUT2D eigenvalue weighted by Crippen LogP contribution is 2.21. The van der Waals surface area contributed by atoms with Crippen molar-refractivity contribution in [2.75, 3.05) is 32.7 Å². The minimum atomic E-state index is -0.410. The minimum absolute atomic E-state index is 0. The Hall–Kier alpha value is -0.810. The largest absolute Gasteiger partial charge is 0.341 e. The topological polar surface area (TPSA) is 49.6 Å². The molecule has 0 spiro atoms. The molecule has 0 saturated carbocycles. The molecule has 2 N–H and O–H groups in total. The van der Waals surface area contributed by atoms with Crippen molar-refractivity contribution in [3.05, 3.63) is 35.9 Å². The fourth-order valence-corrected chi connectivity index (χ4v) is 3.86. The van der Waals surface area contributed by atoms with Crippen molar-refractivity contribution in [3.63, 3.8) is 0 Å². The summed E-state index contributed by atoms with van der Waals surface area (Å²) < 4.78 is 0. The van der Waals surface area contributed by atoms with Gasteiger partial charge in [-0.25, -0.2) is 0 Å². The standard InChI is InChI=1S/C19H29N3O.2ClH/c20-18(14-16-6-2-1-3-7-16)19(23)22-12-8-17(9-13-22)15-21-10-4-5-11-21;;/h1-3,6-7,17-18H,4-5,8-15,20H2;2*1H/t18-;;/m0../s1. The third kappa shape index (κ3) is 6.45. The van der Waals surface area contributed by atoms with Gasteiger partial charge in [-0.1, -0.05) is 30.3 Å². The molecule has 1 atom stereocenters. The number of nitrogens with two attached hydrogens (primary N) is 1. The zero-order valence-corrected chi connectivity index (χ0v) is 16.4. The summed E-state index contributed by atoms with van der Waals surface area (Å²) in [4.78, 5) is 17.1. The van der Waals surface area contributed by atoms with Crippen LogP contribution in [0.4, 0.5) is 0 Å². The van der Waals surface area contributed by atoms with Crippen molar-refractivity contribution in [1.29, 1.82) is 0 Å². The molecule has 4 nitrogen and oxygen atoms in total. The van der Waals surface area contributed by atoms with E-state index >= 15 is 0 Å². The number of amides is 1. The summed E-state index contributed by atoms with van der Waals surface area (Å²) in [6.45, 7) is 5.50. The summed E-state index contributed by atoms with van der Waals surface area (Å²) in [5.74, 6) is 0.871. The van der Waals surface area contributed by atoms with Crippen LogP contribution in [0, 0.1) is 5.92 Å². The van der Waals surface area contributed by atoms with E-state index in [-0.39, 0.29) is 30.7 Å². The molecule has 2 aliphatic rings. The number of halogens is 2. The fraction of sp³-hybridized carbons (Fsp3) is 0.632. The molecule has 1 aromatic rings.